The number of benzene rings is 2. The maximum absolute atomic E-state index is 13.6. The molecule has 0 saturated carbocycles. The van der Waals surface area contributed by atoms with E-state index in [1.165, 1.54) is 41.2 Å². The molecule has 1 aromatic heterocycles. The molecule has 0 bridgehead atoms. The Morgan fingerprint density at radius 3 is 2.58 bits per heavy atom. The quantitative estimate of drug-likeness (QED) is 0.565. The molecule has 172 valence electrons. The average Bonchev–Trinajstić information content (AvgIpc) is 3.50. The molecule has 33 heavy (non-hydrogen) atoms. The monoisotopic (exact) mass is 466 g/mol. The lowest BCUT2D eigenvalue weighted by molar-refractivity contribution is -0.124. The van der Waals surface area contributed by atoms with Crippen LogP contribution < -0.4 is 10.2 Å². The molecule has 1 unspecified atom stereocenters. The van der Waals surface area contributed by atoms with Crippen LogP contribution in [-0.4, -0.2) is 47.0 Å². The molecule has 3 aromatic rings. The molecular formula is C25H27FN4O2S. The molecule has 1 fully saturated rings. The van der Waals surface area contributed by atoms with Crippen LogP contribution in [0.3, 0.4) is 0 Å². The van der Waals surface area contributed by atoms with Crippen molar-refractivity contribution < 1.29 is 14.0 Å². The van der Waals surface area contributed by atoms with Gasteiger partial charge in [-0.2, -0.15) is 0 Å². The number of aromatic nitrogens is 1. The van der Waals surface area contributed by atoms with Gasteiger partial charge in [-0.25, -0.2) is 9.37 Å². The van der Waals surface area contributed by atoms with Crippen LogP contribution in [0.25, 0.3) is 0 Å². The third-order valence-corrected chi connectivity index (χ3v) is 6.64. The molecule has 2 heterocycles. The first-order chi connectivity index (χ1) is 15.8. The van der Waals surface area contributed by atoms with Crippen LogP contribution in [0.1, 0.15) is 42.1 Å². The molecule has 1 aliphatic heterocycles. The number of nitrogens with zero attached hydrogens (tertiary/aromatic N) is 3. The Morgan fingerprint density at radius 2 is 1.91 bits per heavy atom. The van der Waals surface area contributed by atoms with E-state index in [2.05, 4.69) is 39.5 Å². The second-order valence-electron chi connectivity index (χ2n) is 8.75. The molecule has 1 saturated heterocycles. The van der Waals surface area contributed by atoms with Crippen LogP contribution in [0.2, 0.25) is 0 Å². The van der Waals surface area contributed by atoms with Crippen molar-refractivity contribution in [3.63, 3.8) is 0 Å². The number of carbonyl (C=O) groups is 2. The largest absolute Gasteiger partial charge is 0.338 e. The lowest BCUT2D eigenvalue weighted by atomic mass is 9.99. The third-order valence-electron chi connectivity index (χ3n) is 5.85. The van der Waals surface area contributed by atoms with Gasteiger partial charge in [-0.1, -0.05) is 30.3 Å². The van der Waals surface area contributed by atoms with Gasteiger partial charge in [-0.15, -0.1) is 11.3 Å². The summed E-state index contributed by atoms with van der Waals surface area (Å²) in [5.41, 5.74) is 0.415. The van der Waals surface area contributed by atoms with Crippen LogP contribution in [0.5, 0.6) is 0 Å². The van der Waals surface area contributed by atoms with Crippen LogP contribution >= 0.6 is 11.3 Å². The standard InChI is InChI=1S/C25H27FN4O2S/c1-25(2,28-22(31)19-8-10-21(26)11-9-19)23(32)30(24-27-13-15-33-24)17-29-14-12-20(16-29)18-6-4-3-5-7-18/h3-11,13,15,20H,12,14,16-17H2,1-2H3,(H,28,31). The van der Waals surface area contributed by atoms with Crippen molar-refractivity contribution in [3.8, 4) is 0 Å². The first-order valence-corrected chi connectivity index (χ1v) is 11.8. The summed E-state index contributed by atoms with van der Waals surface area (Å²) in [6.07, 6.45) is 2.69. The summed E-state index contributed by atoms with van der Waals surface area (Å²) in [5.74, 6) is -0.685. The number of hydrogen-bond donors (Lipinski definition) is 1. The van der Waals surface area contributed by atoms with Crippen LogP contribution in [0, 0.1) is 5.82 Å². The van der Waals surface area contributed by atoms with Gasteiger partial charge in [0.05, 0.1) is 6.67 Å². The predicted octanol–water partition coefficient (Wildman–Crippen LogP) is 4.27. The second-order valence-corrected chi connectivity index (χ2v) is 9.62. The Hall–Kier alpha value is -3.10. The summed E-state index contributed by atoms with van der Waals surface area (Å²) in [5, 5.41) is 5.22. The maximum atomic E-state index is 13.6. The summed E-state index contributed by atoms with van der Waals surface area (Å²) in [4.78, 5) is 34.6. The van der Waals surface area contributed by atoms with E-state index >= 15 is 0 Å². The highest BCUT2D eigenvalue weighted by molar-refractivity contribution is 7.13. The maximum Gasteiger partial charge on any atom is 0.255 e. The number of likely N-dealkylation sites (tertiary alicyclic amines) is 1. The lowest BCUT2D eigenvalue weighted by Gasteiger charge is -2.33. The van der Waals surface area contributed by atoms with E-state index in [4.69, 9.17) is 0 Å². The number of amides is 2. The van der Waals surface area contributed by atoms with Crippen LogP contribution in [-0.2, 0) is 4.79 Å². The molecule has 1 atom stereocenters. The van der Waals surface area contributed by atoms with E-state index in [9.17, 15) is 14.0 Å². The fourth-order valence-electron chi connectivity index (χ4n) is 4.07. The first kappa shape index (κ1) is 23.1. The smallest absolute Gasteiger partial charge is 0.255 e. The highest BCUT2D eigenvalue weighted by Gasteiger charge is 2.37. The molecule has 4 rings (SSSR count). The molecule has 2 amide bonds. The summed E-state index contributed by atoms with van der Waals surface area (Å²) in [7, 11) is 0. The number of nitrogens with one attached hydrogen (secondary N) is 1. The van der Waals surface area contributed by atoms with Crippen LogP contribution in [0.4, 0.5) is 9.52 Å². The molecule has 8 heteroatoms. The van der Waals surface area contributed by atoms with Crippen LogP contribution in [0.15, 0.2) is 66.2 Å². The van der Waals surface area contributed by atoms with Crippen molar-refractivity contribution >= 4 is 28.3 Å². The van der Waals surface area contributed by atoms with Gasteiger partial charge in [0.1, 0.15) is 11.4 Å². The van der Waals surface area contributed by atoms with E-state index in [0.717, 1.165) is 19.5 Å². The summed E-state index contributed by atoms with van der Waals surface area (Å²) < 4.78 is 13.2. The topological polar surface area (TPSA) is 65.5 Å². The molecular weight excluding hydrogens is 439 g/mol. The van der Waals surface area contributed by atoms with Gasteiger partial charge < -0.3 is 5.32 Å². The van der Waals surface area contributed by atoms with Gasteiger partial charge in [0.25, 0.3) is 11.8 Å². The minimum absolute atomic E-state index is 0.254. The third kappa shape index (κ3) is 5.46. The Morgan fingerprint density at radius 1 is 1.18 bits per heavy atom. The van der Waals surface area contributed by atoms with Gasteiger partial charge in [0.2, 0.25) is 0 Å². The second kappa shape index (κ2) is 9.80. The zero-order valence-electron chi connectivity index (χ0n) is 18.7. The van der Waals surface area contributed by atoms with Gasteiger partial charge in [-0.05, 0) is 56.0 Å². The number of rotatable bonds is 7. The van der Waals surface area contributed by atoms with E-state index in [0.29, 0.717) is 23.3 Å². The van der Waals surface area contributed by atoms with Crippen molar-refractivity contribution in [2.75, 3.05) is 24.7 Å². The fraction of sp³-hybridized carbons (Fsp3) is 0.320. The Bertz CT molecular complexity index is 1090. The Kier molecular flexibility index (Phi) is 6.85. The molecule has 2 aromatic carbocycles. The van der Waals surface area contributed by atoms with E-state index in [1.807, 2.05) is 11.4 Å². The molecule has 0 radical (unpaired) electrons. The summed E-state index contributed by atoms with van der Waals surface area (Å²) >= 11 is 1.39. The predicted molar refractivity (Wildman–Crippen MR) is 128 cm³/mol. The minimum Gasteiger partial charge on any atom is -0.338 e. The number of hydrogen-bond acceptors (Lipinski definition) is 5. The van der Waals surface area contributed by atoms with Gasteiger partial charge in [0, 0.05) is 30.2 Å². The van der Waals surface area contributed by atoms with Gasteiger partial charge >= 0.3 is 0 Å². The molecule has 0 spiro atoms. The highest BCUT2D eigenvalue weighted by Crippen LogP contribution is 2.29. The summed E-state index contributed by atoms with van der Waals surface area (Å²) in [6, 6.07) is 15.7. The normalized spacial score (nSPS) is 16.5. The van der Waals surface area contributed by atoms with Gasteiger partial charge in [-0.3, -0.25) is 19.4 Å². The lowest BCUT2D eigenvalue weighted by Crippen LogP contribution is -2.57. The highest BCUT2D eigenvalue weighted by atomic mass is 32.1. The van der Waals surface area contributed by atoms with Crippen molar-refractivity contribution in [2.24, 2.45) is 0 Å². The first-order valence-electron chi connectivity index (χ1n) is 10.9. The van der Waals surface area contributed by atoms with E-state index in [-0.39, 0.29) is 5.91 Å². The van der Waals surface area contributed by atoms with Crippen molar-refractivity contribution in [1.82, 2.24) is 15.2 Å². The fourth-order valence-corrected chi connectivity index (χ4v) is 4.70. The molecule has 6 nitrogen and oxygen atoms in total. The number of halogens is 1. The molecule has 1 N–H and O–H groups in total. The van der Waals surface area contributed by atoms with Crippen molar-refractivity contribution in [2.45, 2.75) is 31.7 Å². The number of thiazole rings is 1. The SMILES string of the molecule is CC(C)(NC(=O)c1ccc(F)cc1)C(=O)N(CN1CCC(c2ccccc2)C1)c1nccs1. The van der Waals surface area contributed by atoms with Gasteiger partial charge in [0.15, 0.2) is 5.13 Å². The Labute approximate surface area is 197 Å². The molecule has 1 aliphatic rings. The van der Waals surface area contributed by atoms with Crippen molar-refractivity contribution in [3.05, 3.63) is 83.1 Å². The minimum atomic E-state index is -1.18. The number of carbonyl (C=O) groups excluding carboxylic acids is 2. The van der Waals surface area contributed by atoms with E-state index < -0.39 is 17.3 Å². The zero-order chi connectivity index (χ0) is 23.4. The zero-order valence-corrected chi connectivity index (χ0v) is 19.5. The molecule has 0 aliphatic carbocycles. The number of anilines is 1. The van der Waals surface area contributed by atoms with E-state index in [1.54, 1.807) is 24.9 Å². The average molecular weight is 467 g/mol. The Balaban J connectivity index is 1.48. The van der Waals surface area contributed by atoms with Crippen molar-refractivity contribution in [1.29, 1.82) is 0 Å². The summed E-state index contributed by atoms with van der Waals surface area (Å²) in [6.45, 7) is 5.46.